The first kappa shape index (κ1) is 12.4. The lowest BCUT2D eigenvalue weighted by Crippen LogP contribution is -2.48. The van der Waals surface area contributed by atoms with E-state index in [9.17, 15) is 9.59 Å². The molecule has 96 valence electrons. The number of urea groups is 1. The van der Waals surface area contributed by atoms with Crippen molar-refractivity contribution in [1.29, 1.82) is 0 Å². The number of carboxylic acids is 1. The molecule has 1 aliphatic heterocycles. The minimum Gasteiger partial charge on any atom is -0.480 e. The molecule has 0 bridgehead atoms. The maximum atomic E-state index is 11.9. The second-order valence-corrected chi connectivity index (χ2v) is 4.45. The summed E-state index contributed by atoms with van der Waals surface area (Å²) in [5.74, 6) is -1.03. The number of hydrogen-bond donors (Lipinski definition) is 2. The molecular formula is C13H16N2O3. The van der Waals surface area contributed by atoms with Crippen molar-refractivity contribution in [3.8, 4) is 0 Å². The predicted molar refractivity (Wildman–Crippen MR) is 66.2 cm³/mol. The lowest BCUT2D eigenvalue weighted by Gasteiger charge is -2.29. The zero-order valence-corrected chi connectivity index (χ0v) is 10.2. The molecule has 2 amide bonds. The van der Waals surface area contributed by atoms with E-state index in [0.717, 1.165) is 12.0 Å². The second-order valence-electron chi connectivity index (χ2n) is 4.45. The average Bonchev–Trinajstić information content (AvgIpc) is 2.37. The molecule has 2 rings (SSSR count). The largest absolute Gasteiger partial charge is 0.480 e. The number of benzene rings is 1. The van der Waals surface area contributed by atoms with Gasteiger partial charge in [0, 0.05) is 13.1 Å². The standard InChI is InChI=1S/C13H16N2O3/c1-9(12(16)17)14-13(18)15-7-6-10-4-2-3-5-11(10)8-15/h2-5,9H,6-8H2,1H3,(H,14,18)(H,16,17). The van der Waals surface area contributed by atoms with Crippen molar-refractivity contribution in [2.45, 2.75) is 25.9 Å². The number of fused-ring (bicyclic) bond motifs is 1. The van der Waals surface area contributed by atoms with Crippen LogP contribution >= 0.6 is 0 Å². The van der Waals surface area contributed by atoms with E-state index < -0.39 is 12.0 Å². The summed E-state index contributed by atoms with van der Waals surface area (Å²) in [5, 5.41) is 11.2. The Morgan fingerprint density at radius 1 is 1.33 bits per heavy atom. The van der Waals surface area contributed by atoms with Gasteiger partial charge >= 0.3 is 12.0 Å². The third-order valence-electron chi connectivity index (χ3n) is 3.13. The van der Waals surface area contributed by atoms with Crippen LogP contribution in [0.5, 0.6) is 0 Å². The molecule has 1 aromatic rings. The zero-order valence-electron chi connectivity index (χ0n) is 10.2. The SMILES string of the molecule is CC(NC(=O)N1CCc2ccccc2C1)C(=O)O. The van der Waals surface area contributed by atoms with Crippen molar-refractivity contribution in [3.05, 3.63) is 35.4 Å². The summed E-state index contributed by atoms with van der Waals surface area (Å²) in [4.78, 5) is 24.2. The molecule has 0 fully saturated rings. The van der Waals surface area contributed by atoms with Crippen molar-refractivity contribution in [2.75, 3.05) is 6.54 Å². The minimum atomic E-state index is -1.03. The molecule has 5 nitrogen and oxygen atoms in total. The third kappa shape index (κ3) is 2.61. The molecule has 1 unspecified atom stereocenters. The fraction of sp³-hybridized carbons (Fsp3) is 0.385. The van der Waals surface area contributed by atoms with Crippen LogP contribution in [0, 0.1) is 0 Å². The van der Waals surface area contributed by atoms with Gasteiger partial charge in [-0.25, -0.2) is 4.79 Å². The Labute approximate surface area is 105 Å². The van der Waals surface area contributed by atoms with Crippen LogP contribution in [0.1, 0.15) is 18.1 Å². The van der Waals surface area contributed by atoms with Crippen LogP contribution in [0.15, 0.2) is 24.3 Å². The molecular weight excluding hydrogens is 232 g/mol. The number of rotatable bonds is 2. The summed E-state index contributed by atoms with van der Waals surface area (Å²) in [6.45, 7) is 2.61. The molecule has 18 heavy (non-hydrogen) atoms. The van der Waals surface area contributed by atoms with Crippen molar-refractivity contribution in [3.63, 3.8) is 0 Å². The van der Waals surface area contributed by atoms with Crippen LogP contribution in [0.3, 0.4) is 0 Å². The van der Waals surface area contributed by atoms with Gasteiger partial charge in [-0.1, -0.05) is 24.3 Å². The van der Waals surface area contributed by atoms with Crippen LogP contribution in [-0.2, 0) is 17.8 Å². The lowest BCUT2D eigenvalue weighted by atomic mass is 10.0. The molecule has 1 aromatic carbocycles. The van der Waals surface area contributed by atoms with E-state index in [0.29, 0.717) is 13.1 Å². The maximum absolute atomic E-state index is 11.9. The minimum absolute atomic E-state index is 0.320. The van der Waals surface area contributed by atoms with Crippen LogP contribution in [0.25, 0.3) is 0 Å². The van der Waals surface area contributed by atoms with Gasteiger partial charge in [0.05, 0.1) is 0 Å². The number of carbonyl (C=O) groups excluding carboxylic acids is 1. The first-order valence-corrected chi connectivity index (χ1v) is 5.93. The maximum Gasteiger partial charge on any atom is 0.325 e. The number of nitrogens with one attached hydrogen (secondary N) is 1. The van der Waals surface area contributed by atoms with Gasteiger partial charge in [-0.15, -0.1) is 0 Å². The van der Waals surface area contributed by atoms with Crippen molar-refractivity contribution in [2.24, 2.45) is 0 Å². The Bertz CT molecular complexity index is 473. The Morgan fingerprint density at radius 3 is 2.67 bits per heavy atom. The van der Waals surface area contributed by atoms with E-state index in [2.05, 4.69) is 11.4 Å². The molecule has 1 atom stereocenters. The van der Waals surface area contributed by atoms with Gasteiger partial charge in [-0.3, -0.25) is 4.79 Å². The fourth-order valence-corrected chi connectivity index (χ4v) is 2.01. The van der Waals surface area contributed by atoms with E-state index in [4.69, 9.17) is 5.11 Å². The molecule has 5 heteroatoms. The van der Waals surface area contributed by atoms with Gasteiger partial charge in [0.15, 0.2) is 0 Å². The molecule has 2 N–H and O–H groups in total. The highest BCUT2D eigenvalue weighted by Crippen LogP contribution is 2.18. The van der Waals surface area contributed by atoms with Gasteiger partial charge in [-0.2, -0.15) is 0 Å². The van der Waals surface area contributed by atoms with Gasteiger partial charge in [-0.05, 0) is 24.5 Å². The molecule has 0 spiro atoms. The molecule has 0 saturated heterocycles. The second kappa shape index (κ2) is 5.08. The molecule has 0 aromatic heterocycles. The number of amides is 2. The lowest BCUT2D eigenvalue weighted by molar-refractivity contribution is -0.138. The Kier molecular flexibility index (Phi) is 3.50. The quantitative estimate of drug-likeness (QED) is 0.827. The summed E-state index contributed by atoms with van der Waals surface area (Å²) in [7, 11) is 0. The van der Waals surface area contributed by atoms with Gasteiger partial charge in [0.2, 0.25) is 0 Å². The van der Waals surface area contributed by atoms with Crippen molar-refractivity contribution in [1.82, 2.24) is 10.2 Å². The number of aliphatic carboxylic acids is 1. The predicted octanol–water partition coefficient (Wildman–Crippen LogP) is 1.23. The van der Waals surface area contributed by atoms with Crippen molar-refractivity contribution < 1.29 is 14.7 Å². The summed E-state index contributed by atoms with van der Waals surface area (Å²) in [6.07, 6.45) is 0.811. The normalized spacial score (nSPS) is 15.7. The van der Waals surface area contributed by atoms with E-state index in [-0.39, 0.29) is 6.03 Å². The highest BCUT2D eigenvalue weighted by Gasteiger charge is 2.22. The van der Waals surface area contributed by atoms with E-state index >= 15 is 0 Å². The topological polar surface area (TPSA) is 69.6 Å². The Morgan fingerprint density at radius 2 is 2.00 bits per heavy atom. The molecule has 1 heterocycles. The Hall–Kier alpha value is -2.04. The first-order chi connectivity index (χ1) is 8.58. The highest BCUT2D eigenvalue weighted by molar-refractivity contribution is 5.82. The van der Waals surface area contributed by atoms with Crippen LogP contribution < -0.4 is 5.32 Å². The van der Waals surface area contributed by atoms with Gasteiger partial charge in [0.25, 0.3) is 0 Å². The molecule has 0 aliphatic carbocycles. The Balaban J connectivity index is 2.00. The van der Waals surface area contributed by atoms with Crippen LogP contribution in [0.4, 0.5) is 4.79 Å². The number of carbonyl (C=O) groups is 2. The van der Waals surface area contributed by atoms with Crippen molar-refractivity contribution >= 4 is 12.0 Å². The third-order valence-corrected chi connectivity index (χ3v) is 3.13. The van der Waals surface area contributed by atoms with E-state index in [1.807, 2.05) is 18.2 Å². The summed E-state index contributed by atoms with van der Waals surface area (Å²) in [6, 6.07) is 6.80. The summed E-state index contributed by atoms with van der Waals surface area (Å²) >= 11 is 0. The summed E-state index contributed by atoms with van der Waals surface area (Å²) < 4.78 is 0. The monoisotopic (exact) mass is 248 g/mol. The number of hydrogen-bond acceptors (Lipinski definition) is 2. The fourth-order valence-electron chi connectivity index (χ4n) is 2.01. The molecule has 0 saturated carbocycles. The highest BCUT2D eigenvalue weighted by atomic mass is 16.4. The molecule has 0 radical (unpaired) electrons. The zero-order chi connectivity index (χ0) is 13.1. The van der Waals surface area contributed by atoms with Crippen LogP contribution in [0.2, 0.25) is 0 Å². The number of carboxylic acid groups (broad SMARTS) is 1. The van der Waals surface area contributed by atoms with Gasteiger partial charge < -0.3 is 15.3 Å². The average molecular weight is 248 g/mol. The van der Waals surface area contributed by atoms with Gasteiger partial charge in [0.1, 0.15) is 6.04 Å². The van der Waals surface area contributed by atoms with E-state index in [1.165, 1.54) is 12.5 Å². The first-order valence-electron chi connectivity index (χ1n) is 5.93. The van der Waals surface area contributed by atoms with Crippen LogP contribution in [-0.4, -0.2) is 34.6 Å². The summed E-state index contributed by atoms with van der Waals surface area (Å²) in [5.41, 5.74) is 2.38. The van der Waals surface area contributed by atoms with E-state index in [1.54, 1.807) is 4.90 Å². The number of nitrogens with zero attached hydrogens (tertiary/aromatic N) is 1. The smallest absolute Gasteiger partial charge is 0.325 e. The molecule has 1 aliphatic rings.